The average Bonchev–Trinajstić information content (AvgIpc) is 3.18. The molecule has 1 amide bonds. The van der Waals surface area contributed by atoms with Crippen LogP contribution >= 0.6 is 0 Å². The third-order valence-corrected chi connectivity index (χ3v) is 5.18. The van der Waals surface area contributed by atoms with E-state index in [-0.39, 0.29) is 19.1 Å². The van der Waals surface area contributed by atoms with Gasteiger partial charge in [0.25, 0.3) is 11.5 Å². The van der Waals surface area contributed by atoms with Crippen LogP contribution in [-0.4, -0.2) is 65.3 Å². The zero-order valence-corrected chi connectivity index (χ0v) is 16.7. The summed E-state index contributed by atoms with van der Waals surface area (Å²) in [6.07, 6.45) is 0.304. The summed E-state index contributed by atoms with van der Waals surface area (Å²) in [6.45, 7) is 11.0. The normalized spacial score (nSPS) is 41.7. The zero-order chi connectivity index (χ0) is 19.7. The molecule has 9 nitrogen and oxygen atoms in total. The standard InChI is InChI=1S/C18H28N2O7/c1-7-8-13-19-20(11(2)21)18(25-13)14-12(24-16(5,6)26-14)9-22-17(18)10-23-15(3,4)27-17/h12,14H,7-10H2,1-6H3/t12-,14-,17+,18-/m1/s1. The Balaban J connectivity index is 1.84. The number of hydrazone groups is 1. The van der Waals surface area contributed by atoms with Crippen molar-refractivity contribution >= 4 is 11.8 Å². The topological polar surface area (TPSA) is 88.1 Å². The van der Waals surface area contributed by atoms with Crippen molar-refractivity contribution in [1.29, 1.82) is 0 Å². The summed E-state index contributed by atoms with van der Waals surface area (Å²) in [5.74, 6) is -3.00. The molecule has 0 aromatic heterocycles. The van der Waals surface area contributed by atoms with Crippen LogP contribution in [0.25, 0.3) is 0 Å². The molecule has 27 heavy (non-hydrogen) atoms. The molecule has 2 spiro atoms. The third kappa shape index (κ3) is 2.71. The summed E-state index contributed by atoms with van der Waals surface area (Å²) in [5.41, 5.74) is -1.46. The molecule has 4 heterocycles. The summed E-state index contributed by atoms with van der Waals surface area (Å²) in [5, 5.41) is 5.75. The molecule has 4 aliphatic heterocycles. The first-order valence-corrected chi connectivity index (χ1v) is 9.45. The molecule has 152 valence electrons. The van der Waals surface area contributed by atoms with Gasteiger partial charge in [0.1, 0.15) is 12.7 Å². The number of ether oxygens (including phenoxy) is 6. The van der Waals surface area contributed by atoms with E-state index >= 15 is 0 Å². The van der Waals surface area contributed by atoms with Crippen molar-refractivity contribution in [3.8, 4) is 0 Å². The Morgan fingerprint density at radius 3 is 2.52 bits per heavy atom. The molecule has 0 aromatic rings. The van der Waals surface area contributed by atoms with E-state index in [0.29, 0.717) is 12.3 Å². The Hall–Kier alpha value is -1.26. The SMILES string of the molecule is CCCC1=NN(C(C)=O)[C@@]2(O1)[C@@H]1OC(C)(C)O[C@@H]1CO[C@]21COC(C)(C)O1. The molecule has 0 bridgehead atoms. The summed E-state index contributed by atoms with van der Waals surface area (Å²) >= 11 is 0. The lowest BCUT2D eigenvalue weighted by Crippen LogP contribution is -2.76. The zero-order valence-electron chi connectivity index (χ0n) is 16.7. The van der Waals surface area contributed by atoms with Crippen molar-refractivity contribution in [3.63, 3.8) is 0 Å². The second-order valence-electron chi connectivity index (χ2n) is 8.32. The maximum atomic E-state index is 12.6. The number of amides is 1. The highest BCUT2D eigenvalue weighted by molar-refractivity contribution is 5.83. The molecule has 0 aliphatic carbocycles. The highest BCUT2D eigenvalue weighted by Crippen LogP contribution is 2.54. The Kier molecular flexibility index (Phi) is 4.15. The Labute approximate surface area is 158 Å². The summed E-state index contributed by atoms with van der Waals surface area (Å²) in [7, 11) is 0. The van der Waals surface area contributed by atoms with E-state index in [0.717, 1.165) is 6.42 Å². The highest BCUT2D eigenvalue weighted by atomic mass is 16.9. The second-order valence-corrected chi connectivity index (χ2v) is 8.32. The Morgan fingerprint density at radius 2 is 1.93 bits per heavy atom. The molecule has 3 fully saturated rings. The monoisotopic (exact) mass is 384 g/mol. The van der Waals surface area contributed by atoms with Gasteiger partial charge < -0.3 is 28.4 Å². The highest BCUT2D eigenvalue weighted by Gasteiger charge is 2.78. The minimum absolute atomic E-state index is 0.0751. The van der Waals surface area contributed by atoms with Gasteiger partial charge in [-0.2, -0.15) is 5.01 Å². The molecule has 0 radical (unpaired) electrons. The van der Waals surface area contributed by atoms with Gasteiger partial charge in [0.05, 0.1) is 6.61 Å². The number of hydrogen-bond donors (Lipinski definition) is 0. The van der Waals surface area contributed by atoms with Gasteiger partial charge in [-0.25, -0.2) is 0 Å². The second kappa shape index (κ2) is 5.87. The summed E-state index contributed by atoms with van der Waals surface area (Å²) in [6, 6.07) is 0. The van der Waals surface area contributed by atoms with Crippen LogP contribution in [0.4, 0.5) is 0 Å². The molecule has 9 heteroatoms. The Bertz CT molecular complexity index is 677. The molecule has 0 aromatic carbocycles. The molecular weight excluding hydrogens is 356 g/mol. The van der Waals surface area contributed by atoms with E-state index in [1.165, 1.54) is 11.9 Å². The van der Waals surface area contributed by atoms with Crippen molar-refractivity contribution < 1.29 is 33.2 Å². The van der Waals surface area contributed by atoms with Crippen molar-refractivity contribution in [2.24, 2.45) is 5.10 Å². The van der Waals surface area contributed by atoms with Crippen molar-refractivity contribution in [1.82, 2.24) is 5.01 Å². The van der Waals surface area contributed by atoms with Crippen LogP contribution in [-0.2, 0) is 33.2 Å². The predicted molar refractivity (Wildman–Crippen MR) is 92.3 cm³/mol. The van der Waals surface area contributed by atoms with Gasteiger partial charge in [-0.15, -0.1) is 5.10 Å². The summed E-state index contributed by atoms with van der Waals surface area (Å²) < 4.78 is 36.8. The fourth-order valence-electron chi connectivity index (χ4n) is 4.26. The van der Waals surface area contributed by atoms with Crippen molar-refractivity contribution in [2.75, 3.05) is 13.2 Å². The van der Waals surface area contributed by atoms with Crippen LogP contribution in [0, 0.1) is 0 Å². The van der Waals surface area contributed by atoms with E-state index in [1.54, 1.807) is 13.8 Å². The van der Waals surface area contributed by atoms with Crippen LogP contribution < -0.4 is 0 Å². The van der Waals surface area contributed by atoms with E-state index in [2.05, 4.69) is 5.10 Å². The molecule has 4 rings (SSSR count). The van der Waals surface area contributed by atoms with E-state index in [4.69, 9.17) is 28.4 Å². The molecule has 4 atom stereocenters. The van der Waals surface area contributed by atoms with Crippen molar-refractivity contribution in [3.05, 3.63) is 0 Å². The van der Waals surface area contributed by atoms with Gasteiger partial charge in [0.15, 0.2) is 17.7 Å². The van der Waals surface area contributed by atoms with Crippen LogP contribution in [0.1, 0.15) is 54.4 Å². The lowest BCUT2D eigenvalue weighted by atomic mass is 9.88. The number of fused-ring (bicyclic) bond motifs is 3. The maximum absolute atomic E-state index is 12.6. The lowest BCUT2D eigenvalue weighted by Gasteiger charge is -2.52. The smallest absolute Gasteiger partial charge is 0.291 e. The number of rotatable bonds is 2. The predicted octanol–water partition coefficient (Wildman–Crippen LogP) is 1.70. The maximum Gasteiger partial charge on any atom is 0.291 e. The molecule has 0 saturated carbocycles. The van der Waals surface area contributed by atoms with Crippen LogP contribution in [0.15, 0.2) is 5.10 Å². The van der Waals surface area contributed by atoms with E-state index in [9.17, 15) is 4.79 Å². The van der Waals surface area contributed by atoms with Gasteiger partial charge in [-0.3, -0.25) is 4.79 Å². The number of carbonyl (C=O) groups is 1. The molecule has 4 aliphatic rings. The van der Waals surface area contributed by atoms with Crippen LogP contribution in [0.3, 0.4) is 0 Å². The van der Waals surface area contributed by atoms with Gasteiger partial charge >= 0.3 is 0 Å². The first-order chi connectivity index (χ1) is 12.5. The molecule has 0 unspecified atom stereocenters. The Morgan fingerprint density at radius 1 is 1.19 bits per heavy atom. The fraction of sp³-hybridized carbons (Fsp3) is 0.889. The molecular formula is C18H28N2O7. The minimum atomic E-state index is -1.46. The average molecular weight is 384 g/mol. The first-order valence-electron chi connectivity index (χ1n) is 9.45. The van der Waals surface area contributed by atoms with E-state index < -0.39 is 35.3 Å². The van der Waals surface area contributed by atoms with Crippen molar-refractivity contribution in [2.45, 2.75) is 89.7 Å². The fourth-order valence-corrected chi connectivity index (χ4v) is 4.26. The lowest BCUT2D eigenvalue weighted by molar-refractivity contribution is -0.386. The van der Waals surface area contributed by atoms with Gasteiger partial charge in [-0.1, -0.05) is 6.92 Å². The van der Waals surface area contributed by atoms with Gasteiger partial charge in [-0.05, 0) is 34.1 Å². The third-order valence-electron chi connectivity index (χ3n) is 5.18. The first kappa shape index (κ1) is 19.1. The van der Waals surface area contributed by atoms with Crippen LogP contribution in [0.2, 0.25) is 0 Å². The molecule has 0 N–H and O–H groups in total. The quantitative estimate of drug-likeness (QED) is 0.716. The van der Waals surface area contributed by atoms with E-state index in [1.807, 2.05) is 20.8 Å². The van der Waals surface area contributed by atoms with Gasteiger partial charge in [0, 0.05) is 13.3 Å². The number of hydrogen-bond acceptors (Lipinski definition) is 8. The minimum Gasteiger partial charge on any atom is -0.442 e. The molecule has 3 saturated heterocycles. The van der Waals surface area contributed by atoms with Crippen LogP contribution in [0.5, 0.6) is 0 Å². The summed E-state index contributed by atoms with van der Waals surface area (Å²) in [4.78, 5) is 12.6. The van der Waals surface area contributed by atoms with Gasteiger partial charge in [0.2, 0.25) is 11.8 Å². The number of nitrogens with zero attached hydrogens (tertiary/aromatic N) is 2. The largest absolute Gasteiger partial charge is 0.442 e. The number of carbonyl (C=O) groups excluding carboxylic acids is 1.